The Morgan fingerprint density at radius 3 is 2.46 bits per heavy atom. The van der Waals surface area contributed by atoms with Gasteiger partial charge in [-0.3, -0.25) is 14.4 Å². The summed E-state index contributed by atoms with van der Waals surface area (Å²) < 4.78 is 0. The number of unbranched alkanes of at least 4 members (excludes halogenated alkanes) is 1. The number of halogens is 1. The smallest absolute Gasteiger partial charge is 0.273 e. The summed E-state index contributed by atoms with van der Waals surface area (Å²) in [4.78, 5) is 39.2. The first kappa shape index (κ1) is 20.2. The number of hydrazine groups is 1. The molecule has 3 amide bonds. The number of carbonyl (C=O) groups excluding carboxylic acids is 3. The quantitative estimate of drug-likeness (QED) is 0.599. The lowest BCUT2D eigenvalue weighted by molar-refractivity contribution is -0.163. The second-order valence-corrected chi connectivity index (χ2v) is 6.54. The zero-order valence-electron chi connectivity index (χ0n) is 14.9. The van der Waals surface area contributed by atoms with Gasteiger partial charge >= 0.3 is 0 Å². The van der Waals surface area contributed by atoms with Gasteiger partial charge in [-0.05, 0) is 37.9 Å². The van der Waals surface area contributed by atoms with Gasteiger partial charge in [-0.25, -0.2) is 5.01 Å². The van der Waals surface area contributed by atoms with Gasteiger partial charge in [-0.2, -0.15) is 5.01 Å². The van der Waals surface area contributed by atoms with Gasteiger partial charge in [-0.15, -0.1) is 12.4 Å². The molecular weight excluding hydrogens is 356 g/mol. The van der Waals surface area contributed by atoms with Gasteiger partial charge in [0.2, 0.25) is 11.8 Å². The SMILES string of the molecule is CN(CCCCN)c1cccc2c1CN(N1C(=O)CCCC1=O)C2=O.Cl. The third-order valence-electron chi connectivity index (χ3n) is 4.78. The second-order valence-electron chi connectivity index (χ2n) is 6.54. The van der Waals surface area contributed by atoms with E-state index >= 15 is 0 Å². The van der Waals surface area contributed by atoms with Crippen molar-refractivity contribution in [3.8, 4) is 0 Å². The summed E-state index contributed by atoms with van der Waals surface area (Å²) in [5.41, 5.74) is 7.94. The Labute approximate surface area is 159 Å². The molecule has 1 aromatic rings. The lowest BCUT2D eigenvalue weighted by Gasteiger charge is -2.32. The molecule has 2 heterocycles. The van der Waals surface area contributed by atoms with Crippen molar-refractivity contribution >= 4 is 35.8 Å². The highest BCUT2D eigenvalue weighted by Crippen LogP contribution is 2.33. The van der Waals surface area contributed by atoms with E-state index in [1.165, 1.54) is 5.01 Å². The van der Waals surface area contributed by atoms with E-state index in [0.29, 0.717) is 31.4 Å². The van der Waals surface area contributed by atoms with Crippen LogP contribution in [0.15, 0.2) is 18.2 Å². The van der Waals surface area contributed by atoms with Crippen LogP contribution >= 0.6 is 12.4 Å². The normalized spacial score (nSPS) is 16.6. The standard InChI is InChI=1S/C18H24N4O3.ClH/c1-20(11-3-2-10-19)15-7-4-6-13-14(15)12-21(18(13)25)22-16(23)8-5-9-17(22)24;/h4,6-7H,2-3,5,8-12,19H2,1H3;1H. The summed E-state index contributed by atoms with van der Waals surface area (Å²) in [6.45, 7) is 1.75. The minimum absolute atomic E-state index is 0. The van der Waals surface area contributed by atoms with Crippen molar-refractivity contribution in [3.63, 3.8) is 0 Å². The average molecular weight is 381 g/mol. The lowest BCUT2D eigenvalue weighted by Crippen LogP contribution is -2.52. The molecule has 0 bridgehead atoms. The Kier molecular flexibility index (Phi) is 6.61. The highest BCUT2D eigenvalue weighted by atomic mass is 35.5. The Balaban J connectivity index is 0.00000243. The van der Waals surface area contributed by atoms with Crippen molar-refractivity contribution in [2.75, 3.05) is 25.0 Å². The molecule has 1 fully saturated rings. The fourth-order valence-electron chi connectivity index (χ4n) is 3.45. The van der Waals surface area contributed by atoms with Gasteiger partial charge in [0.05, 0.1) is 6.54 Å². The second kappa shape index (κ2) is 8.51. The number of piperidine rings is 1. The molecule has 0 aliphatic carbocycles. The maximum atomic E-state index is 12.8. The summed E-state index contributed by atoms with van der Waals surface area (Å²) in [5.74, 6) is -0.874. The van der Waals surface area contributed by atoms with E-state index in [0.717, 1.165) is 35.6 Å². The molecule has 0 saturated carbocycles. The number of imide groups is 1. The van der Waals surface area contributed by atoms with Crippen LogP contribution in [0, 0.1) is 0 Å². The number of amides is 3. The molecule has 0 radical (unpaired) electrons. The number of fused-ring (bicyclic) bond motifs is 1. The Hall–Kier alpha value is -2.12. The van der Waals surface area contributed by atoms with Crippen LogP contribution in [0.25, 0.3) is 0 Å². The molecule has 26 heavy (non-hydrogen) atoms. The Morgan fingerprint density at radius 2 is 1.81 bits per heavy atom. The zero-order valence-corrected chi connectivity index (χ0v) is 15.8. The number of hydrogen-bond donors (Lipinski definition) is 1. The van der Waals surface area contributed by atoms with Gasteiger partial charge in [0, 0.05) is 43.2 Å². The highest BCUT2D eigenvalue weighted by molar-refractivity contribution is 6.05. The van der Waals surface area contributed by atoms with Crippen molar-refractivity contribution in [1.82, 2.24) is 10.0 Å². The number of hydrogen-bond acceptors (Lipinski definition) is 5. The van der Waals surface area contributed by atoms with E-state index in [1.807, 2.05) is 19.2 Å². The Bertz CT molecular complexity index is 694. The summed E-state index contributed by atoms with van der Waals surface area (Å²) in [6, 6.07) is 5.57. The summed E-state index contributed by atoms with van der Waals surface area (Å²) in [7, 11) is 1.98. The van der Waals surface area contributed by atoms with Gasteiger partial charge < -0.3 is 10.6 Å². The van der Waals surface area contributed by atoms with E-state index < -0.39 is 0 Å². The summed E-state index contributed by atoms with van der Waals surface area (Å²) in [5, 5.41) is 2.34. The maximum absolute atomic E-state index is 12.8. The number of benzene rings is 1. The third kappa shape index (κ3) is 3.68. The van der Waals surface area contributed by atoms with E-state index in [4.69, 9.17) is 5.73 Å². The van der Waals surface area contributed by atoms with Crippen LogP contribution in [0.2, 0.25) is 0 Å². The summed E-state index contributed by atoms with van der Waals surface area (Å²) in [6.07, 6.45) is 3.08. The van der Waals surface area contributed by atoms with E-state index in [9.17, 15) is 14.4 Å². The maximum Gasteiger partial charge on any atom is 0.273 e. The van der Waals surface area contributed by atoms with Gasteiger partial charge in [0.15, 0.2) is 0 Å². The molecule has 8 heteroatoms. The van der Waals surface area contributed by atoms with Crippen LogP contribution in [-0.4, -0.2) is 47.9 Å². The molecule has 1 aromatic carbocycles. The average Bonchev–Trinajstić information content (AvgIpc) is 2.92. The topological polar surface area (TPSA) is 86.9 Å². The van der Waals surface area contributed by atoms with Crippen molar-refractivity contribution in [1.29, 1.82) is 0 Å². The number of nitrogens with two attached hydrogens (primary N) is 1. The first-order valence-corrected chi connectivity index (χ1v) is 8.75. The molecule has 1 saturated heterocycles. The fourth-order valence-corrected chi connectivity index (χ4v) is 3.45. The molecule has 2 N–H and O–H groups in total. The molecule has 0 atom stereocenters. The van der Waals surface area contributed by atoms with Gasteiger partial charge in [-0.1, -0.05) is 6.07 Å². The predicted molar refractivity (Wildman–Crippen MR) is 101 cm³/mol. The highest BCUT2D eigenvalue weighted by Gasteiger charge is 2.40. The van der Waals surface area contributed by atoms with Crippen LogP contribution < -0.4 is 10.6 Å². The minimum atomic E-state index is -0.296. The van der Waals surface area contributed by atoms with Gasteiger partial charge in [0.1, 0.15) is 0 Å². The van der Waals surface area contributed by atoms with Crippen molar-refractivity contribution in [3.05, 3.63) is 29.3 Å². The number of anilines is 1. The van der Waals surface area contributed by atoms with Gasteiger partial charge in [0.25, 0.3) is 5.91 Å². The van der Waals surface area contributed by atoms with Crippen molar-refractivity contribution < 1.29 is 14.4 Å². The lowest BCUT2D eigenvalue weighted by atomic mass is 10.1. The molecule has 2 aliphatic rings. The van der Waals surface area contributed by atoms with Crippen molar-refractivity contribution in [2.24, 2.45) is 5.73 Å². The number of carbonyl (C=O) groups is 3. The van der Waals surface area contributed by atoms with E-state index in [-0.39, 0.29) is 36.7 Å². The Morgan fingerprint density at radius 1 is 1.12 bits per heavy atom. The predicted octanol–water partition coefficient (Wildman–Crippen LogP) is 1.69. The fraction of sp³-hybridized carbons (Fsp3) is 0.500. The number of nitrogens with zero attached hydrogens (tertiary/aromatic N) is 3. The molecule has 0 unspecified atom stereocenters. The monoisotopic (exact) mass is 380 g/mol. The molecule has 0 aromatic heterocycles. The van der Waals surface area contributed by atoms with Crippen molar-refractivity contribution in [2.45, 2.75) is 38.6 Å². The zero-order chi connectivity index (χ0) is 18.0. The first-order chi connectivity index (χ1) is 12.0. The molecule has 2 aliphatic heterocycles. The molecule has 142 valence electrons. The summed E-state index contributed by atoms with van der Waals surface area (Å²) >= 11 is 0. The van der Waals surface area contributed by atoms with Crippen LogP contribution in [-0.2, 0) is 16.1 Å². The molecule has 0 spiro atoms. The van der Waals surface area contributed by atoms with Crippen LogP contribution in [0.5, 0.6) is 0 Å². The third-order valence-corrected chi connectivity index (χ3v) is 4.78. The first-order valence-electron chi connectivity index (χ1n) is 8.75. The minimum Gasteiger partial charge on any atom is -0.374 e. The van der Waals surface area contributed by atoms with Crippen LogP contribution in [0.1, 0.15) is 48.0 Å². The molecule has 3 rings (SSSR count). The van der Waals surface area contributed by atoms with Crippen LogP contribution in [0.4, 0.5) is 5.69 Å². The van der Waals surface area contributed by atoms with E-state index in [2.05, 4.69) is 4.90 Å². The van der Waals surface area contributed by atoms with E-state index in [1.54, 1.807) is 6.07 Å². The van der Waals surface area contributed by atoms with Crippen LogP contribution in [0.3, 0.4) is 0 Å². The largest absolute Gasteiger partial charge is 0.374 e. The number of rotatable bonds is 6. The molecular formula is C18H25ClN4O3. The molecule has 7 nitrogen and oxygen atoms in total.